The summed E-state index contributed by atoms with van der Waals surface area (Å²) in [4.78, 5) is 6.85. The van der Waals surface area contributed by atoms with Gasteiger partial charge in [0.15, 0.2) is 11.7 Å². The van der Waals surface area contributed by atoms with Crippen molar-refractivity contribution in [2.75, 3.05) is 20.1 Å². The highest BCUT2D eigenvalue weighted by Crippen LogP contribution is 2.14. The molecule has 0 unspecified atom stereocenters. The van der Waals surface area contributed by atoms with E-state index < -0.39 is 0 Å². The van der Waals surface area contributed by atoms with E-state index in [2.05, 4.69) is 62.9 Å². The number of hydrogen-bond acceptors (Lipinski definition) is 4. The Morgan fingerprint density at radius 1 is 1.26 bits per heavy atom. The molecule has 1 aliphatic heterocycles. The van der Waals surface area contributed by atoms with E-state index in [1.807, 2.05) is 6.07 Å². The normalized spacial score (nSPS) is 16.0. The fraction of sp³-hybridized carbons (Fsp3) is 0.500. The average molecular weight is 483 g/mol. The Balaban J connectivity index is 0.00000261. The van der Waals surface area contributed by atoms with Crippen LogP contribution in [0.15, 0.2) is 45.9 Å². The Labute approximate surface area is 178 Å². The molecule has 1 fully saturated rings. The Hall–Kier alpha value is -1.61. The molecule has 0 atom stereocenters. The molecule has 3 rings (SSSR count). The van der Waals surface area contributed by atoms with E-state index in [9.17, 15) is 0 Å². The molecule has 6 nitrogen and oxygen atoms in total. The van der Waals surface area contributed by atoms with Crippen molar-refractivity contribution in [2.45, 2.75) is 45.3 Å². The van der Waals surface area contributed by atoms with Crippen LogP contribution in [0.3, 0.4) is 0 Å². The van der Waals surface area contributed by atoms with Crippen molar-refractivity contribution < 1.29 is 4.52 Å². The monoisotopic (exact) mass is 483 g/mol. The number of nitrogens with one attached hydrogen (secondary N) is 2. The molecule has 27 heavy (non-hydrogen) atoms. The number of likely N-dealkylation sites (tertiary alicyclic amines) is 1. The highest BCUT2D eigenvalue weighted by molar-refractivity contribution is 14.0. The lowest BCUT2D eigenvalue weighted by atomic mass is 10.0. The Morgan fingerprint density at radius 3 is 2.63 bits per heavy atom. The van der Waals surface area contributed by atoms with Crippen LogP contribution >= 0.6 is 24.0 Å². The molecule has 2 heterocycles. The summed E-state index contributed by atoms with van der Waals surface area (Å²) < 4.78 is 5.31. The predicted molar refractivity (Wildman–Crippen MR) is 119 cm³/mol. The van der Waals surface area contributed by atoms with Crippen LogP contribution in [0.25, 0.3) is 0 Å². The highest BCUT2D eigenvalue weighted by Gasteiger charge is 2.20. The minimum atomic E-state index is 0. The third-order valence-corrected chi connectivity index (χ3v) is 4.80. The number of piperidine rings is 1. The van der Waals surface area contributed by atoms with Crippen molar-refractivity contribution in [1.82, 2.24) is 20.7 Å². The summed E-state index contributed by atoms with van der Waals surface area (Å²) in [5, 5.41) is 10.9. The first kappa shape index (κ1) is 21.7. The molecule has 2 aromatic rings. The SMILES string of the molecule is CCc1cc(CNC(=NC)NC2CCN(Cc3ccccc3)CC2)on1.I. The van der Waals surface area contributed by atoms with E-state index in [1.54, 1.807) is 7.05 Å². The minimum absolute atomic E-state index is 0. The maximum absolute atomic E-state index is 5.31. The highest BCUT2D eigenvalue weighted by atomic mass is 127. The number of aliphatic imine (C=N–C) groups is 1. The van der Waals surface area contributed by atoms with Crippen molar-refractivity contribution in [3.63, 3.8) is 0 Å². The lowest BCUT2D eigenvalue weighted by Gasteiger charge is -2.33. The van der Waals surface area contributed by atoms with Crippen molar-refractivity contribution in [3.8, 4) is 0 Å². The van der Waals surface area contributed by atoms with E-state index in [0.717, 1.165) is 56.3 Å². The number of hydrogen-bond donors (Lipinski definition) is 2. The first-order valence-corrected chi connectivity index (χ1v) is 9.44. The number of nitrogens with zero attached hydrogens (tertiary/aromatic N) is 3. The first-order chi connectivity index (χ1) is 12.8. The minimum Gasteiger partial charge on any atom is -0.359 e. The van der Waals surface area contributed by atoms with Gasteiger partial charge in [0.1, 0.15) is 0 Å². The van der Waals surface area contributed by atoms with Gasteiger partial charge in [-0.15, -0.1) is 24.0 Å². The van der Waals surface area contributed by atoms with Crippen LogP contribution in [0.5, 0.6) is 0 Å². The van der Waals surface area contributed by atoms with Gasteiger partial charge in [0.25, 0.3) is 0 Å². The predicted octanol–water partition coefficient (Wildman–Crippen LogP) is 3.18. The number of guanidine groups is 1. The molecule has 0 spiro atoms. The summed E-state index contributed by atoms with van der Waals surface area (Å²) in [5.74, 6) is 1.66. The van der Waals surface area contributed by atoms with Crippen LogP contribution in [0.4, 0.5) is 0 Å². The summed E-state index contributed by atoms with van der Waals surface area (Å²) in [6, 6.07) is 13.1. The van der Waals surface area contributed by atoms with E-state index in [4.69, 9.17) is 4.52 Å². The Kier molecular flexibility index (Phi) is 9.06. The van der Waals surface area contributed by atoms with Crippen LogP contribution in [0.1, 0.15) is 36.8 Å². The fourth-order valence-electron chi connectivity index (χ4n) is 3.24. The van der Waals surface area contributed by atoms with Gasteiger partial charge in [-0.05, 0) is 24.8 Å². The molecule has 1 aromatic carbocycles. The molecule has 1 aliphatic rings. The molecule has 0 aliphatic carbocycles. The number of halogens is 1. The van der Waals surface area contributed by atoms with Crippen LogP contribution in [-0.4, -0.2) is 42.2 Å². The summed E-state index contributed by atoms with van der Waals surface area (Å²) >= 11 is 0. The van der Waals surface area contributed by atoms with Crippen LogP contribution < -0.4 is 10.6 Å². The molecule has 7 heteroatoms. The van der Waals surface area contributed by atoms with E-state index in [-0.39, 0.29) is 24.0 Å². The zero-order chi connectivity index (χ0) is 18.2. The number of benzene rings is 1. The van der Waals surface area contributed by atoms with Gasteiger partial charge in [0.05, 0.1) is 12.2 Å². The maximum Gasteiger partial charge on any atom is 0.191 e. The largest absolute Gasteiger partial charge is 0.359 e. The quantitative estimate of drug-likeness (QED) is 0.376. The van der Waals surface area contributed by atoms with Gasteiger partial charge in [0.2, 0.25) is 0 Å². The van der Waals surface area contributed by atoms with Crippen molar-refractivity contribution in [2.24, 2.45) is 4.99 Å². The van der Waals surface area contributed by atoms with Gasteiger partial charge in [-0.25, -0.2) is 0 Å². The fourth-order valence-corrected chi connectivity index (χ4v) is 3.24. The van der Waals surface area contributed by atoms with Gasteiger partial charge >= 0.3 is 0 Å². The Morgan fingerprint density at radius 2 is 2.00 bits per heavy atom. The molecule has 0 radical (unpaired) electrons. The Bertz CT molecular complexity index is 695. The molecule has 1 aromatic heterocycles. The van der Waals surface area contributed by atoms with Crippen molar-refractivity contribution in [1.29, 1.82) is 0 Å². The molecule has 0 bridgehead atoms. The number of rotatable bonds is 6. The molecule has 2 N–H and O–H groups in total. The lowest BCUT2D eigenvalue weighted by molar-refractivity contribution is 0.198. The smallest absolute Gasteiger partial charge is 0.191 e. The molecule has 0 amide bonds. The number of aromatic nitrogens is 1. The zero-order valence-electron chi connectivity index (χ0n) is 16.1. The van der Waals surface area contributed by atoms with Gasteiger partial charge in [-0.1, -0.05) is 42.4 Å². The molecule has 148 valence electrons. The van der Waals surface area contributed by atoms with Gasteiger partial charge in [-0.2, -0.15) is 0 Å². The maximum atomic E-state index is 5.31. The topological polar surface area (TPSA) is 65.7 Å². The molecule has 0 saturated carbocycles. The molecular weight excluding hydrogens is 453 g/mol. The average Bonchev–Trinajstić information content (AvgIpc) is 3.15. The first-order valence-electron chi connectivity index (χ1n) is 9.44. The zero-order valence-corrected chi connectivity index (χ0v) is 18.5. The molecule has 1 saturated heterocycles. The standard InChI is InChI=1S/C20H29N5O.HI/c1-3-17-13-19(26-24-17)14-22-20(21-2)23-18-9-11-25(12-10-18)15-16-7-5-4-6-8-16;/h4-8,13,18H,3,9-12,14-15H2,1-2H3,(H2,21,22,23);1H. The summed E-state index contributed by atoms with van der Waals surface area (Å²) in [6.45, 7) is 5.90. The van der Waals surface area contributed by atoms with E-state index >= 15 is 0 Å². The summed E-state index contributed by atoms with van der Waals surface area (Å²) in [5.41, 5.74) is 2.37. The second-order valence-corrected chi connectivity index (χ2v) is 6.74. The van der Waals surface area contributed by atoms with Crippen molar-refractivity contribution >= 4 is 29.9 Å². The van der Waals surface area contributed by atoms with Crippen LogP contribution in [-0.2, 0) is 19.5 Å². The van der Waals surface area contributed by atoms with Crippen LogP contribution in [0.2, 0.25) is 0 Å². The summed E-state index contributed by atoms with van der Waals surface area (Å²) in [6.07, 6.45) is 3.13. The van der Waals surface area contributed by atoms with Crippen LogP contribution in [0, 0.1) is 0 Å². The third kappa shape index (κ3) is 6.80. The van der Waals surface area contributed by atoms with Crippen molar-refractivity contribution in [3.05, 3.63) is 53.4 Å². The molecular formula is C20H30IN5O. The lowest BCUT2D eigenvalue weighted by Crippen LogP contribution is -2.48. The number of aryl methyl sites for hydroxylation is 1. The second-order valence-electron chi connectivity index (χ2n) is 6.74. The van der Waals surface area contributed by atoms with Gasteiger partial charge in [0, 0.05) is 38.8 Å². The second kappa shape index (κ2) is 11.3. The third-order valence-electron chi connectivity index (χ3n) is 4.80. The van der Waals surface area contributed by atoms with E-state index in [0.29, 0.717) is 12.6 Å². The van der Waals surface area contributed by atoms with Gasteiger partial charge < -0.3 is 15.2 Å². The summed E-state index contributed by atoms with van der Waals surface area (Å²) in [7, 11) is 1.80. The van der Waals surface area contributed by atoms with Gasteiger partial charge in [-0.3, -0.25) is 9.89 Å². The van der Waals surface area contributed by atoms with E-state index in [1.165, 1.54) is 5.56 Å².